The SMILES string of the molecule is CCCN1C(=O)[C@H]2CC=CC[C@H]2C1=O. The van der Waals surface area contributed by atoms with Crippen LogP contribution >= 0.6 is 0 Å². The van der Waals surface area contributed by atoms with E-state index in [-0.39, 0.29) is 23.7 Å². The minimum Gasteiger partial charge on any atom is -0.282 e. The van der Waals surface area contributed by atoms with Gasteiger partial charge in [-0.15, -0.1) is 0 Å². The molecule has 14 heavy (non-hydrogen) atoms. The Morgan fingerprint density at radius 1 is 1.21 bits per heavy atom. The zero-order valence-corrected chi connectivity index (χ0v) is 8.40. The average molecular weight is 193 g/mol. The molecule has 0 unspecified atom stereocenters. The van der Waals surface area contributed by atoms with Crippen molar-refractivity contribution in [3.05, 3.63) is 12.2 Å². The van der Waals surface area contributed by atoms with Gasteiger partial charge in [-0.25, -0.2) is 0 Å². The number of hydrogen-bond acceptors (Lipinski definition) is 2. The number of allylic oxidation sites excluding steroid dienone is 2. The van der Waals surface area contributed by atoms with E-state index in [0.717, 1.165) is 19.3 Å². The van der Waals surface area contributed by atoms with E-state index in [1.807, 2.05) is 19.1 Å². The second-order valence-electron chi connectivity index (χ2n) is 3.98. The van der Waals surface area contributed by atoms with Gasteiger partial charge in [0.1, 0.15) is 0 Å². The summed E-state index contributed by atoms with van der Waals surface area (Å²) in [6.45, 7) is 2.57. The molecule has 1 fully saturated rings. The van der Waals surface area contributed by atoms with E-state index < -0.39 is 0 Å². The number of fused-ring (bicyclic) bond motifs is 1. The van der Waals surface area contributed by atoms with Gasteiger partial charge in [0.15, 0.2) is 0 Å². The minimum atomic E-state index is -0.0564. The van der Waals surface area contributed by atoms with Crippen LogP contribution in [0.1, 0.15) is 26.2 Å². The summed E-state index contributed by atoms with van der Waals surface area (Å²) in [6, 6.07) is 0. The molecule has 3 nitrogen and oxygen atoms in total. The summed E-state index contributed by atoms with van der Waals surface area (Å²) in [7, 11) is 0. The predicted molar refractivity (Wildman–Crippen MR) is 52.4 cm³/mol. The summed E-state index contributed by atoms with van der Waals surface area (Å²) in [5.41, 5.74) is 0. The highest BCUT2D eigenvalue weighted by Gasteiger charge is 2.46. The van der Waals surface area contributed by atoms with Crippen LogP contribution in [-0.2, 0) is 9.59 Å². The van der Waals surface area contributed by atoms with E-state index in [1.54, 1.807) is 0 Å². The molecule has 0 aromatic rings. The van der Waals surface area contributed by atoms with E-state index >= 15 is 0 Å². The van der Waals surface area contributed by atoms with Gasteiger partial charge in [0, 0.05) is 6.54 Å². The van der Waals surface area contributed by atoms with Crippen molar-refractivity contribution in [3.8, 4) is 0 Å². The maximum Gasteiger partial charge on any atom is 0.233 e. The van der Waals surface area contributed by atoms with Gasteiger partial charge >= 0.3 is 0 Å². The standard InChI is InChI=1S/C11H15NO2/c1-2-7-12-10(13)8-5-3-4-6-9(8)11(12)14/h3-4,8-9H,2,5-7H2,1H3/t8-,9+. The van der Waals surface area contributed by atoms with Crippen LogP contribution < -0.4 is 0 Å². The van der Waals surface area contributed by atoms with Crippen LogP contribution in [0.4, 0.5) is 0 Å². The number of likely N-dealkylation sites (tertiary alicyclic amines) is 1. The molecule has 1 heterocycles. The van der Waals surface area contributed by atoms with Crippen molar-refractivity contribution in [3.63, 3.8) is 0 Å². The normalized spacial score (nSPS) is 31.1. The zero-order chi connectivity index (χ0) is 10.1. The third-order valence-corrected chi connectivity index (χ3v) is 3.05. The zero-order valence-electron chi connectivity index (χ0n) is 8.40. The Balaban J connectivity index is 2.19. The highest BCUT2D eigenvalue weighted by Crippen LogP contribution is 2.34. The maximum atomic E-state index is 11.8. The number of nitrogens with zero attached hydrogens (tertiary/aromatic N) is 1. The van der Waals surface area contributed by atoms with Gasteiger partial charge in [-0.2, -0.15) is 0 Å². The van der Waals surface area contributed by atoms with Crippen molar-refractivity contribution in [2.24, 2.45) is 11.8 Å². The fraction of sp³-hybridized carbons (Fsp3) is 0.636. The molecule has 0 bridgehead atoms. The number of carbonyl (C=O) groups is 2. The lowest BCUT2D eigenvalue weighted by Gasteiger charge is -2.14. The van der Waals surface area contributed by atoms with E-state index in [0.29, 0.717) is 6.54 Å². The highest BCUT2D eigenvalue weighted by molar-refractivity contribution is 6.05. The van der Waals surface area contributed by atoms with Gasteiger partial charge in [0.05, 0.1) is 11.8 Å². The van der Waals surface area contributed by atoms with Crippen LogP contribution in [0.25, 0.3) is 0 Å². The topological polar surface area (TPSA) is 37.4 Å². The van der Waals surface area contributed by atoms with E-state index in [2.05, 4.69) is 0 Å². The minimum absolute atomic E-state index is 0.0474. The monoisotopic (exact) mass is 193 g/mol. The molecule has 1 saturated heterocycles. The molecule has 1 aliphatic carbocycles. The van der Waals surface area contributed by atoms with Crippen LogP contribution in [-0.4, -0.2) is 23.3 Å². The van der Waals surface area contributed by atoms with Gasteiger partial charge in [0.2, 0.25) is 11.8 Å². The smallest absolute Gasteiger partial charge is 0.233 e. The molecule has 2 atom stereocenters. The molecule has 0 aromatic heterocycles. The summed E-state index contributed by atoms with van der Waals surface area (Å²) in [5.74, 6) is -0.0181. The molecule has 2 aliphatic rings. The Kier molecular flexibility index (Phi) is 2.40. The largest absolute Gasteiger partial charge is 0.282 e. The Morgan fingerprint density at radius 3 is 2.14 bits per heavy atom. The lowest BCUT2D eigenvalue weighted by atomic mass is 9.85. The number of carbonyl (C=O) groups excluding carboxylic acids is 2. The van der Waals surface area contributed by atoms with Crippen molar-refractivity contribution in [2.45, 2.75) is 26.2 Å². The Morgan fingerprint density at radius 2 is 1.71 bits per heavy atom. The van der Waals surface area contributed by atoms with Crippen molar-refractivity contribution in [2.75, 3.05) is 6.54 Å². The molecule has 0 radical (unpaired) electrons. The molecule has 2 amide bonds. The molecule has 0 spiro atoms. The lowest BCUT2D eigenvalue weighted by Crippen LogP contribution is -2.31. The molecule has 3 heteroatoms. The van der Waals surface area contributed by atoms with Gasteiger partial charge in [0.25, 0.3) is 0 Å². The molecule has 0 saturated carbocycles. The molecule has 0 aromatic carbocycles. The molecule has 2 rings (SSSR count). The molecular formula is C11H15NO2. The summed E-state index contributed by atoms with van der Waals surface area (Å²) in [4.78, 5) is 25.1. The van der Waals surface area contributed by atoms with Gasteiger partial charge in [-0.3, -0.25) is 14.5 Å². The van der Waals surface area contributed by atoms with Crippen molar-refractivity contribution < 1.29 is 9.59 Å². The summed E-state index contributed by atoms with van der Waals surface area (Å²) < 4.78 is 0. The summed E-state index contributed by atoms with van der Waals surface area (Å²) in [6.07, 6.45) is 6.37. The molecule has 1 aliphatic heterocycles. The molecule has 0 N–H and O–H groups in total. The Hall–Kier alpha value is -1.12. The number of imide groups is 1. The first kappa shape index (κ1) is 9.44. The number of rotatable bonds is 2. The molecule has 76 valence electrons. The third-order valence-electron chi connectivity index (χ3n) is 3.05. The number of hydrogen-bond donors (Lipinski definition) is 0. The quantitative estimate of drug-likeness (QED) is 0.490. The first-order valence-electron chi connectivity index (χ1n) is 5.26. The van der Waals surface area contributed by atoms with Crippen molar-refractivity contribution in [1.29, 1.82) is 0 Å². The van der Waals surface area contributed by atoms with E-state index in [1.165, 1.54) is 4.90 Å². The lowest BCUT2D eigenvalue weighted by molar-refractivity contribution is -0.139. The van der Waals surface area contributed by atoms with Gasteiger partial charge < -0.3 is 0 Å². The summed E-state index contributed by atoms with van der Waals surface area (Å²) in [5, 5.41) is 0. The van der Waals surface area contributed by atoms with Crippen LogP contribution in [0.3, 0.4) is 0 Å². The van der Waals surface area contributed by atoms with Gasteiger partial charge in [-0.05, 0) is 19.3 Å². The van der Waals surface area contributed by atoms with Gasteiger partial charge in [-0.1, -0.05) is 19.1 Å². The Bertz CT molecular complexity index is 270. The highest BCUT2D eigenvalue weighted by atomic mass is 16.2. The third kappa shape index (κ3) is 1.27. The summed E-state index contributed by atoms with van der Waals surface area (Å²) >= 11 is 0. The fourth-order valence-corrected chi connectivity index (χ4v) is 2.31. The second-order valence-corrected chi connectivity index (χ2v) is 3.98. The van der Waals surface area contributed by atoms with Crippen LogP contribution in [0.5, 0.6) is 0 Å². The van der Waals surface area contributed by atoms with Crippen LogP contribution in [0.15, 0.2) is 12.2 Å². The average Bonchev–Trinajstić information content (AvgIpc) is 2.45. The van der Waals surface area contributed by atoms with E-state index in [9.17, 15) is 9.59 Å². The fourth-order valence-electron chi connectivity index (χ4n) is 2.31. The first-order chi connectivity index (χ1) is 6.75. The van der Waals surface area contributed by atoms with Crippen molar-refractivity contribution in [1.82, 2.24) is 4.90 Å². The Labute approximate surface area is 83.8 Å². The first-order valence-corrected chi connectivity index (χ1v) is 5.26. The second kappa shape index (κ2) is 3.56. The van der Waals surface area contributed by atoms with E-state index in [4.69, 9.17) is 0 Å². The van der Waals surface area contributed by atoms with Crippen molar-refractivity contribution >= 4 is 11.8 Å². The molecular weight excluding hydrogens is 178 g/mol. The van der Waals surface area contributed by atoms with Crippen LogP contribution in [0.2, 0.25) is 0 Å². The maximum absolute atomic E-state index is 11.8. The van der Waals surface area contributed by atoms with Crippen LogP contribution in [0, 0.1) is 11.8 Å². The predicted octanol–water partition coefficient (Wildman–Crippen LogP) is 1.35. The number of amides is 2.